The highest BCUT2D eigenvalue weighted by molar-refractivity contribution is 5.32. The second kappa shape index (κ2) is 5.24. The molecule has 0 spiro atoms. The lowest BCUT2D eigenvalue weighted by Crippen LogP contribution is -2.23. The first kappa shape index (κ1) is 12.1. The Morgan fingerprint density at radius 1 is 1.40 bits per heavy atom. The van der Waals surface area contributed by atoms with Gasteiger partial charge in [-0.15, -0.1) is 0 Å². The van der Waals surface area contributed by atoms with Gasteiger partial charge in [0.2, 0.25) is 0 Å². The van der Waals surface area contributed by atoms with Gasteiger partial charge in [0.1, 0.15) is 5.82 Å². The van der Waals surface area contributed by atoms with E-state index in [0.717, 1.165) is 5.56 Å². The van der Waals surface area contributed by atoms with Crippen molar-refractivity contribution in [3.63, 3.8) is 0 Å². The lowest BCUT2D eigenvalue weighted by Gasteiger charge is -2.19. The summed E-state index contributed by atoms with van der Waals surface area (Å²) >= 11 is 0. The van der Waals surface area contributed by atoms with Gasteiger partial charge in [0, 0.05) is 12.6 Å². The predicted octanol–water partition coefficient (Wildman–Crippen LogP) is 1.81. The van der Waals surface area contributed by atoms with Crippen LogP contribution in [-0.2, 0) is 6.42 Å². The average molecular weight is 211 g/mol. The van der Waals surface area contributed by atoms with Crippen LogP contribution in [0.2, 0.25) is 0 Å². The molecule has 1 rings (SSSR count). The number of aliphatic hydroxyl groups is 1. The lowest BCUT2D eigenvalue weighted by atomic mass is 9.89. The number of hydrogen-bond donors (Lipinski definition) is 2. The minimum atomic E-state index is -0.256. The molecule has 0 saturated heterocycles. The molecule has 15 heavy (non-hydrogen) atoms. The zero-order valence-corrected chi connectivity index (χ0v) is 9.20. The van der Waals surface area contributed by atoms with Gasteiger partial charge >= 0.3 is 0 Å². The Morgan fingerprint density at radius 3 is 2.60 bits per heavy atom. The van der Waals surface area contributed by atoms with Crippen molar-refractivity contribution in [2.45, 2.75) is 32.2 Å². The third kappa shape index (κ3) is 2.76. The molecule has 0 radical (unpaired) electrons. The summed E-state index contributed by atoms with van der Waals surface area (Å²) < 4.78 is 13.5. The van der Waals surface area contributed by atoms with E-state index in [1.54, 1.807) is 6.07 Å². The number of hydrogen-bond acceptors (Lipinski definition) is 2. The summed E-state index contributed by atoms with van der Waals surface area (Å²) in [4.78, 5) is 0. The van der Waals surface area contributed by atoms with Crippen LogP contribution in [0.3, 0.4) is 0 Å². The molecule has 3 heteroatoms. The van der Waals surface area contributed by atoms with Crippen molar-refractivity contribution in [2.24, 2.45) is 5.73 Å². The summed E-state index contributed by atoms with van der Waals surface area (Å²) in [6, 6.07) is 4.96. The van der Waals surface area contributed by atoms with Crippen LogP contribution in [0.15, 0.2) is 18.2 Å². The molecular weight excluding hydrogens is 193 g/mol. The molecule has 3 N–H and O–H groups in total. The first-order valence-corrected chi connectivity index (χ1v) is 5.21. The Labute approximate surface area is 89.9 Å². The van der Waals surface area contributed by atoms with Crippen LogP contribution < -0.4 is 5.73 Å². The van der Waals surface area contributed by atoms with Gasteiger partial charge in [0.25, 0.3) is 0 Å². The number of nitrogens with two attached hydrogens (primary N) is 1. The monoisotopic (exact) mass is 211 g/mol. The summed E-state index contributed by atoms with van der Waals surface area (Å²) in [5.74, 6) is -0.156. The highest BCUT2D eigenvalue weighted by atomic mass is 19.1. The maximum absolute atomic E-state index is 13.5. The van der Waals surface area contributed by atoms with Gasteiger partial charge in [-0.3, -0.25) is 0 Å². The van der Waals surface area contributed by atoms with Crippen molar-refractivity contribution >= 4 is 0 Å². The summed E-state index contributed by atoms with van der Waals surface area (Å²) in [6.07, 6.45) is 0.346. The normalized spacial score (nSPS) is 15.0. The first-order chi connectivity index (χ1) is 7.07. The fourth-order valence-electron chi connectivity index (χ4n) is 1.66. The lowest BCUT2D eigenvalue weighted by molar-refractivity contribution is 0.297. The summed E-state index contributed by atoms with van der Waals surface area (Å²) in [5, 5.41) is 8.89. The highest BCUT2D eigenvalue weighted by Crippen LogP contribution is 2.24. The van der Waals surface area contributed by atoms with Gasteiger partial charge in [-0.25, -0.2) is 4.39 Å². The number of rotatable bonds is 4. The van der Waals surface area contributed by atoms with Crippen LogP contribution in [0.1, 0.15) is 30.9 Å². The van der Waals surface area contributed by atoms with Crippen molar-refractivity contribution in [3.05, 3.63) is 35.1 Å². The van der Waals surface area contributed by atoms with Gasteiger partial charge < -0.3 is 10.8 Å². The predicted molar refractivity (Wildman–Crippen MR) is 59.3 cm³/mol. The molecular formula is C12H18FNO. The largest absolute Gasteiger partial charge is 0.396 e. The Kier molecular flexibility index (Phi) is 4.24. The van der Waals surface area contributed by atoms with Crippen molar-refractivity contribution < 1.29 is 9.50 Å². The molecule has 0 fully saturated rings. The third-order valence-corrected chi connectivity index (χ3v) is 2.80. The zero-order valence-electron chi connectivity index (χ0n) is 9.20. The minimum Gasteiger partial charge on any atom is -0.396 e. The minimum absolute atomic E-state index is 0.0238. The first-order valence-electron chi connectivity index (χ1n) is 5.21. The molecule has 0 heterocycles. The molecule has 0 aliphatic carbocycles. The number of halogens is 1. The summed E-state index contributed by atoms with van der Waals surface area (Å²) in [7, 11) is 0. The van der Waals surface area contributed by atoms with Gasteiger partial charge in [0.05, 0.1) is 0 Å². The van der Waals surface area contributed by atoms with E-state index < -0.39 is 0 Å². The van der Waals surface area contributed by atoms with E-state index in [1.807, 2.05) is 19.9 Å². The fourth-order valence-corrected chi connectivity index (χ4v) is 1.66. The standard InChI is InChI=1S/C12H18FNO/c1-8(9(2)14)10-4-3-5-12(13)11(10)6-7-15/h3-5,8-9,15H,6-7,14H2,1-2H3. The van der Waals surface area contributed by atoms with E-state index in [0.29, 0.717) is 12.0 Å². The Morgan fingerprint density at radius 2 is 2.07 bits per heavy atom. The van der Waals surface area contributed by atoms with E-state index in [1.165, 1.54) is 6.07 Å². The molecule has 2 nitrogen and oxygen atoms in total. The molecule has 0 amide bonds. The number of aliphatic hydroxyl groups excluding tert-OH is 1. The molecule has 1 aromatic carbocycles. The van der Waals surface area contributed by atoms with Crippen molar-refractivity contribution in [1.29, 1.82) is 0 Å². The molecule has 0 saturated carbocycles. The molecule has 84 valence electrons. The molecule has 0 aliphatic rings. The Hall–Kier alpha value is -0.930. The van der Waals surface area contributed by atoms with Crippen LogP contribution in [0, 0.1) is 5.82 Å². The maximum atomic E-state index is 13.5. The van der Waals surface area contributed by atoms with Crippen LogP contribution in [0.4, 0.5) is 4.39 Å². The van der Waals surface area contributed by atoms with E-state index in [-0.39, 0.29) is 24.4 Å². The van der Waals surface area contributed by atoms with Crippen molar-refractivity contribution in [3.8, 4) is 0 Å². The molecule has 0 aliphatic heterocycles. The summed E-state index contributed by atoms with van der Waals surface area (Å²) in [5.41, 5.74) is 7.29. The van der Waals surface area contributed by atoms with Crippen LogP contribution in [0.5, 0.6) is 0 Å². The second-order valence-corrected chi connectivity index (χ2v) is 3.93. The van der Waals surface area contributed by atoms with E-state index in [9.17, 15) is 4.39 Å². The summed E-state index contributed by atoms with van der Waals surface area (Å²) in [6.45, 7) is 3.83. The van der Waals surface area contributed by atoms with Gasteiger partial charge in [-0.1, -0.05) is 19.1 Å². The van der Waals surface area contributed by atoms with Gasteiger partial charge in [0.15, 0.2) is 0 Å². The average Bonchev–Trinajstić information content (AvgIpc) is 2.20. The van der Waals surface area contributed by atoms with E-state index in [2.05, 4.69) is 0 Å². The Bertz CT molecular complexity index is 325. The van der Waals surface area contributed by atoms with Crippen LogP contribution in [-0.4, -0.2) is 17.8 Å². The third-order valence-electron chi connectivity index (χ3n) is 2.80. The SMILES string of the molecule is CC(N)C(C)c1cccc(F)c1CCO. The van der Waals surface area contributed by atoms with Crippen molar-refractivity contribution in [2.75, 3.05) is 6.61 Å². The topological polar surface area (TPSA) is 46.2 Å². The number of benzene rings is 1. The fraction of sp³-hybridized carbons (Fsp3) is 0.500. The molecule has 2 atom stereocenters. The molecule has 2 unspecified atom stereocenters. The smallest absolute Gasteiger partial charge is 0.126 e. The molecule has 0 aromatic heterocycles. The maximum Gasteiger partial charge on any atom is 0.126 e. The van der Waals surface area contributed by atoms with Crippen LogP contribution >= 0.6 is 0 Å². The highest BCUT2D eigenvalue weighted by Gasteiger charge is 2.16. The molecule has 0 bridgehead atoms. The quantitative estimate of drug-likeness (QED) is 0.798. The van der Waals surface area contributed by atoms with E-state index >= 15 is 0 Å². The molecule has 1 aromatic rings. The van der Waals surface area contributed by atoms with Crippen molar-refractivity contribution in [1.82, 2.24) is 0 Å². The van der Waals surface area contributed by atoms with Gasteiger partial charge in [-0.05, 0) is 36.5 Å². The second-order valence-electron chi connectivity index (χ2n) is 3.93. The zero-order chi connectivity index (χ0) is 11.4. The van der Waals surface area contributed by atoms with Crippen LogP contribution in [0.25, 0.3) is 0 Å². The Balaban J connectivity index is 3.10. The van der Waals surface area contributed by atoms with Gasteiger partial charge in [-0.2, -0.15) is 0 Å². The van der Waals surface area contributed by atoms with E-state index in [4.69, 9.17) is 10.8 Å².